The Hall–Kier alpha value is -2.49. The zero-order valence-corrected chi connectivity index (χ0v) is 11.1. The van der Waals surface area contributed by atoms with Crippen LogP contribution in [0.1, 0.15) is 18.1 Å². The fourth-order valence-electron chi connectivity index (χ4n) is 1.61. The summed E-state index contributed by atoms with van der Waals surface area (Å²) in [6.45, 7) is 6.26. The fraction of sp³-hybridized carbons (Fsp3) is 0.133. The maximum atomic E-state index is 5.25. The standard InChI is InChI=1S/C15H20N4/c1-3-5-8-13(4-2)14-9-6-7-12(10-14)11-18-19-15(16)17/h3-10,18H,1,11H2,2H3,(H4,16,17,19)/b8-5-,13-4+. The lowest BCUT2D eigenvalue weighted by atomic mass is 10.0. The number of guanidine groups is 1. The molecule has 0 heterocycles. The second-order valence-electron chi connectivity index (χ2n) is 3.91. The highest BCUT2D eigenvalue weighted by Crippen LogP contribution is 2.17. The summed E-state index contributed by atoms with van der Waals surface area (Å²) >= 11 is 0. The summed E-state index contributed by atoms with van der Waals surface area (Å²) < 4.78 is 0. The molecule has 0 atom stereocenters. The summed E-state index contributed by atoms with van der Waals surface area (Å²) in [6.07, 6.45) is 7.76. The van der Waals surface area contributed by atoms with E-state index in [1.807, 2.05) is 31.2 Å². The molecule has 4 nitrogen and oxygen atoms in total. The molecule has 0 unspecified atom stereocenters. The predicted molar refractivity (Wildman–Crippen MR) is 82.1 cm³/mol. The molecule has 0 spiro atoms. The lowest BCUT2D eigenvalue weighted by molar-refractivity contribution is 0.741. The molecule has 0 radical (unpaired) electrons. The summed E-state index contributed by atoms with van der Waals surface area (Å²) in [4.78, 5) is 0. The zero-order chi connectivity index (χ0) is 14.1. The summed E-state index contributed by atoms with van der Waals surface area (Å²) in [7, 11) is 0. The van der Waals surface area contributed by atoms with Crippen LogP contribution < -0.4 is 16.9 Å². The van der Waals surface area contributed by atoms with Crippen molar-refractivity contribution < 1.29 is 0 Å². The molecule has 1 aromatic rings. The summed E-state index contributed by atoms with van der Waals surface area (Å²) in [5.74, 6) is 0.0270. The van der Waals surface area contributed by atoms with Crippen LogP contribution in [0.4, 0.5) is 0 Å². The molecule has 1 aromatic carbocycles. The number of hydrogen-bond acceptors (Lipinski definition) is 2. The number of nitrogens with zero attached hydrogens (tertiary/aromatic N) is 1. The van der Waals surface area contributed by atoms with E-state index in [9.17, 15) is 0 Å². The van der Waals surface area contributed by atoms with Gasteiger partial charge in [0.2, 0.25) is 5.96 Å². The van der Waals surface area contributed by atoms with Gasteiger partial charge in [0.05, 0.1) is 6.54 Å². The average molecular weight is 256 g/mol. The Morgan fingerprint density at radius 3 is 2.84 bits per heavy atom. The Bertz CT molecular complexity index is 509. The molecule has 19 heavy (non-hydrogen) atoms. The minimum atomic E-state index is 0.0270. The van der Waals surface area contributed by atoms with E-state index in [1.54, 1.807) is 6.08 Å². The highest BCUT2D eigenvalue weighted by molar-refractivity contribution is 5.75. The normalized spacial score (nSPS) is 11.3. The van der Waals surface area contributed by atoms with Crippen LogP contribution >= 0.6 is 0 Å². The van der Waals surface area contributed by atoms with Crippen LogP contribution in [-0.4, -0.2) is 5.96 Å². The third kappa shape index (κ3) is 5.12. The molecule has 0 aliphatic rings. The van der Waals surface area contributed by atoms with Gasteiger partial charge < -0.3 is 16.9 Å². The monoisotopic (exact) mass is 256 g/mol. The van der Waals surface area contributed by atoms with Crippen molar-refractivity contribution in [2.45, 2.75) is 13.5 Å². The van der Waals surface area contributed by atoms with E-state index in [0.717, 1.165) is 16.7 Å². The van der Waals surface area contributed by atoms with Crippen LogP contribution in [0.15, 0.2) is 60.2 Å². The summed E-state index contributed by atoms with van der Waals surface area (Å²) in [5.41, 5.74) is 16.7. The minimum Gasteiger partial charge on any atom is -0.369 e. The number of hydrogen-bond donors (Lipinski definition) is 3. The lowest BCUT2D eigenvalue weighted by Crippen LogP contribution is -2.26. The van der Waals surface area contributed by atoms with E-state index in [1.165, 1.54) is 0 Å². The van der Waals surface area contributed by atoms with Crippen LogP contribution in [0.5, 0.6) is 0 Å². The van der Waals surface area contributed by atoms with Gasteiger partial charge in [-0.3, -0.25) is 0 Å². The van der Waals surface area contributed by atoms with Gasteiger partial charge in [-0.25, -0.2) is 0 Å². The lowest BCUT2D eigenvalue weighted by Gasteiger charge is -2.06. The van der Waals surface area contributed by atoms with Gasteiger partial charge in [-0.1, -0.05) is 49.1 Å². The highest BCUT2D eigenvalue weighted by Gasteiger charge is 1.98. The van der Waals surface area contributed by atoms with E-state index >= 15 is 0 Å². The van der Waals surface area contributed by atoms with E-state index < -0.39 is 0 Å². The Morgan fingerprint density at radius 2 is 2.21 bits per heavy atom. The van der Waals surface area contributed by atoms with Crippen LogP contribution in [0.25, 0.3) is 5.57 Å². The molecule has 0 bridgehead atoms. The average Bonchev–Trinajstić information content (AvgIpc) is 2.40. The van der Waals surface area contributed by atoms with E-state index in [-0.39, 0.29) is 5.96 Å². The molecule has 0 saturated heterocycles. The molecular weight excluding hydrogens is 236 g/mol. The first-order valence-corrected chi connectivity index (χ1v) is 6.03. The summed E-state index contributed by atoms with van der Waals surface area (Å²) in [5, 5.41) is 3.74. The molecule has 0 aliphatic heterocycles. The molecule has 5 N–H and O–H groups in total. The smallest absolute Gasteiger partial charge is 0.208 e. The van der Waals surface area contributed by atoms with Crippen LogP contribution in [0.2, 0.25) is 0 Å². The number of nitrogens with one attached hydrogen (secondary N) is 1. The number of rotatable bonds is 6. The molecule has 0 aliphatic carbocycles. The van der Waals surface area contributed by atoms with Crippen molar-refractivity contribution in [1.29, 1.82) is 0 Å². The molecule has 100 valence electrons. The van der Waals surface area contributed by atoms with Gasteiger partial charge in [0.15, 0.2) is 0 Å². The van der Waals surface area contributed by atoms with Crippen LogP contribution in [0, 0.1) is 0 Å². The zero-order valence-electron chi connectivity index (χ0n) is 11.1. The van der Waals surface area contributed by atoms with Crippen molar-refractivity contribution in [3.05, 3.63) is 66.3 Å². The van der Waals surface area contributed by atoms with Crippen LogP contribution in [0.3, 0.4) is 0 Å². The SMILES string of the molecule is C=C/C=C\C(=C/C)c1cccc(CNN=C(N)N)c1. The maximum Gasteiger partial charge on any atom is 0.208 e. The van der Waals surface area contributed by atoms with Crippen molar-refractivity contribution in [2.24, 2.45) is 16.6 Å². The Kier molecular flexibility index (Phi) is 5.95. The molecule has 0 fully saturated rings. The first kappa shape index (κ1) is 14.6. The van der Waals surface area contributed by atoms with Crippen molar-refractivity contribution in [3.8, 4) is 0 Å². The maximum absolute atomic E-state index is 5.25. The summed E-state index contributed by atoms with van der Waals surface area (Å²) in [6, 6.07) is 8.18. The van der Waals surface area contributed by atoms with Gasteiger partial charge in [-0.15, -0.1) is 5.10 Å². The fourth-order valence-corrected chi connectivity index (χ4v) is 1.61. The third-order valence-corrected chi connectivity index (χ3v) is 2.47. The van der Waals surface area contributed by atoms with Gasteiger partial charge >= 0.3 is 0 Å². The Labute approximate surface area is 114 Å². The first-order chi connectivity index (χ1) is 9.17. The second kappa shape index (κ2) is 7.76. The molecular formula is C15H20N4. The van der Waals surface area contributed by atoms with Gasteiger partial charge in [0.25, 0.3) is 0 Å². The second-order valence-corrected chi connectivity index (χ2v) is 3.91. The van der Waals surface area contributed by atoms with Gasteiger partial charge in [-0.2, -0.15) is 0 Å². The van der Waals surface area contributed by atoms with Crippen molar-refractivity contribution in [2.75, 3.05) is 0 Å². The van der Waals surface area contributed by atoms with Gasteiger partial charge in [0.1, 0.15) is 0 Å². The highest BCUT2D eigenvalue weighted by atomic mass is 15.3. The number of hydrazone groups is 1. The molecule has 0 amide bonds. The number of allylic oxidation sites excluding steroid dienone is 5. The van der Waals surface area contributed by atoms with Crippen molar-refractivity contribution >= 4 is 11.5 Å². The van der Waals surface area contributed by atoms with Gasteiger partial charge in [0, 0.05) is 0 Å². The third-order valence-electron chi connectivity index (χ3n) is 2.47. The van der Waals surface area contributed by atoms with Gasteiger partial charge in [-0.05, 0) is 29.7 Å². The van der Waals surface area contributed by atoms with Crippen molar-refractivity contribution in [1.82, 2.24) is 5.43 Å². The van der Waals surface area contributed by atoms with E-state index in [0.29, 0.717) is 6.54 Å². The largest absolute Gasteiger partial charge is 0.369 e. The molecule has 0 aromatic heterocycles. The molecule has 1 rings (SSSR count). The Balaban J connectivity index is 2.84. The number of nitrogens with two attached hydrogens (primary N) is 2. The topological polar surface area (TPSA) is 76.4 Å². The van der Waals surface area contributed by atoms with E-state index in [2.05, 4.69) is 35.3 Å². The van der Waals surface area contributed by atoms with Crippen LogP contribution in [-0.2, 0) is 6.54 Å². The molecule has 4 heteroatoms. The van der Waals surface area contributed by atoms with Crippen molar-refractivity contribution in [3.63, 3.8) is 0 Å². The quantitative estimate of drug-likeness (QED) is 0.316. The first-order valence-electron chi connectivity index (χ1n) is 6.03. The number of benzene rings is 1. The predicted octanol–water partition coefficient (Wildman–Crippen LogP) is 2.11. The Morgan fingerprint density at radius 1 is 1.42 bits per heavy atom. The van der Waals surface area contributed by atoms with E-state index in [4.69, 9.17) is 11.5 Å². The minimum absolute atomic E-state index is 0.0270. The molecule has 0 saturated carbocycles.